The molecule has 0 aliphatic rings. The van der Waals surface area contributed by atoms with Gasteiger partial charge >= 0.3 is 0 Å². The van der Waals surface area contributed by atoms with Crippen LogP contribution in [-0.2, 0) is 4.79 Å². The quantitative estimate of drug-likeness (QED) is 0.200. The maximum absolute atomic E-state index is 12.7. The highest BCUT2D eigenvalue weighted by Crippen LogP contribution is 2.34. The summed E-state index contributed by atoms with van der Waals surface area (Å²) in [5, 5.41) is 12.4. The fourth-order valence-corrected chi connectivity index (χ4v) is 4.24. The van der Waals surface area contributed by atoms with Crippen LogP contribution in [0.5, 0.6) is 0 Å². The third-order valence-corrected chi connectivity index (χ3v) is 6.26. The van der Waals surface area contributed by atoms with Gasteiger partial charge in [0.05, 0.1) is 35.6 Å². The zero-order valence-corrected chi connectivity index (χ0v) is 22.6. The Labute approximate surface area is 225 Å². The van der Waals surface area contributed by atoms with Crippen molar-refractivity contribution < 1.29 is 9.21 Å². The van der Waals surface area contributed by atoms with Crippen molar-refractivity contribution in [1.29, 1.82) is 0 Å². The number of carbonyl (C=O) groups is 1. The maximum atomic E-state index is 12.7. The Bertz CT molecular complexity index is 1760. The lowest BCUT2D eigenvalue weighted by Crippen LogP contribution is -2.33. The summed E-state index contributed by atoms with van der Waals surface area (Å²) in [7, 11) is 0. The van der Waals surface area contributed by atoms with Crippen molar-refractivity contribution in [2.75, 3.05) is 0 Å². The number of furan rings is 1. The summed E-state index contributed by atoms with van der Waals surface area (Å²) in [5.41, 5.74) is 13.7. The van der Waals surface area contributed by atoms with Crippen molar-refractivity contribution in [2.24, 2.45) is 11.1 Å². The second kappa shape index (κ2) is 10.1. The Hall–Kier alpha value is -4.92. The first kappa shape index (κ1) is 25.7. The molecule has 0 saturated carbocycles. The number of pyridine rings is 2. The number of hydrogen-bond acceptors (Lipinski definition) is 6. The molecule has 0 spiro atoms. The summed E-state index contributed by atoms with van der Waals surface area (Å²) >= 11 is 0. The second-order valence-corrected chi connectivity index (χ2v) is 10.7. The third-order valence-electron chi connectivity index (χ3n) is 6.26. The molecule has 0 atom stereocenters. The van der Waals surface area contributed by atoms with Crippen LogP contribution in [0, 0.1) is 5.41 Å². The van der Waals surface area contributed by atoms with E-state index in [-0.39, 0.29) is 5.91 Å². The molecule has 5 rings (SSSR count). The Balaban J connectivity index is 1.56. The lowest BCUT2D eigenvalue weighted by molar-refractivity contribution is -0.127. The van der Waals surface area contributed by atoms with Gasteiger partial charge in [-0.15, -0.1) is 0 Å². The average molecular weight is 522 g/mol. The summed E-state index contributed by atoms with van der Waals surface area (Å²) < 4.78 is 5.28. The molecule has 0 fully saturated rings. The van der Waals surface area contributed by atoms with E-state index in [9.17, 15) is 4.79 Å². The molecule has 0 radical (unpaired) electrons. The first-order valence-electron chi connectivity index (χ1n) is 12.6. The van der Waals surface area contributed by atoms with Gasteiger partial charge in [-0.3, -0.25) is 14.9 Å². The van der Waals surface area contributed by atoms with Gasteiger partial charge in [-0.05, 0) is 44.2 Å². The number of aromatic amines is 2. The molecule has 9 heteroatoms. The number of nitrogens with one attached hydrogen (secondary N) is 3. The molecule has 5 heterocycles. The van der Waals surface area contributed by atoms with E-state index < -0.39 is 5.41 Å². The number of allylic oxidation sites excluding steroid dienone is 4. The van der Waals surface area contributed by atoms with E-state index in [1.54, 1.807) is 24.9 Å². The van der Waals surface area contributed by atoms with Crippen molar-refractivity contribution in [3.8, 4) is 22.5 Å². The molecule has 1 amide bonds. The summed E-state index contributed by atoms with van der Waals surface area (Å²) in [6.45, 7) is 9.57. The molecule has 0 bridgehead atoms. The van der Waals surface area contributed by atoms with E-state index in [0.717, 1.165) is 49.9 Å². The van der Waals surface area contributed by atoms with Crippen LogP contribution < -0.4 is 11.1 Å². The van der Waals surface area contributed by atoms with Crippen LogP contribution in [0.3, 0.4) is 0 Å². The number of hydrogen-bond donors (Lipinski definition) is 4. The number of fused-ring (bicyclic) bond motifs is 2. The monoisotopic (exact) mass is 521 g/mol. The smallest absolute Gasteiger partial charge is 0.229 e. The lowest BCUT2D eigenvalue weighted by atomic mass is 9.95. The largest absolute Gasteiger partial charge is 0.472 e. The molecule has 198 valence electrons. The molecular weight excluding hydrogens is 490 g/mol. The standard InChI is InChI=1S/C30H31N7O2/c1-17(2)8-21(34-29(38)30(3,4)5)9-19(12-31)20-10-23-27(36-37-28(23)33-13-20)25-11-22-24(18-6-7-39-16-18)14-32-15-26(22)35-25/h6-16,35H,31H2,1-5H3,(H,34,38)(H,33,36,37)/b19-12+,21-9+. The molecule has 9 nitrogen and oxygen atoms in total. The number of nitrogens with two attached hydrogens (primary N) is 1. The van der Waals surface area contributed by atoms with Gasteiger partial charge in [0.15, 0.2) is 5.65 Å². The summed E-state index contributed by atoms with van der Waals surface area (Å²) in [6.07, 6.45) is 14.0. The Kier molecular flexibility index (Phi) is 6.66. The second-order valence-electron chi connectivity index (χ2n) is 10.7. The number of aromatic nitrogens is 5. The van der Waals surface area contributed by atoms with Crippen LogP contribution in [0.2, 0.25) is 0 Å². The molecule has 0 aliphatic heterocycles. The maximum Gasteiger partial charge on any atom is 0.229 e. The van der Waals surface area contributed by atoms with E-state index >= 15 is 0 Å². The molecule has 39 heavy (non-hydrogen) atoms. The SMILES string of the molecule is CC(C)=C/C(=C\C(=C/N)c1cnc2n[nH]c(-c3cc4c(-c5ccoc5)cncc4[nH]3)c2c1)NC(=O)C(C)(C)C. The Morgan fingerprint density at radius 3 is 2.62 bits per heavy atom. The van der Waals surface area contributed by atoms with Crippen LogP contribution >= 0.6 is 0 Å². The summed E-state index contributed by atoms with van der Waals surface area (Å²) in [6, 6.07) is 5.96. The van der Waals surface area contributed by atoms with Crippen molar-refractivity contribution in [3.63, 3.8) is 0 Å². The number of carbonyl (C=O) groups excluding carboxylic acids is 1. The topological polar surface area (TPSA) is 139 Å². The highest BCUT2D eigenvalue weighted by Gasteiger charge is 2.22. The first-order valence-corrected chi connectivity index (χ1v) is 12.6. The van der Waals surface area contributed by atoms with Crippen LogP contribution in [-0.4, -0.2) is 31.1 Å². The van der Waals surface area contributed by atoms with Crippen molar-refractivity contribution in [3.05, 3.63) is 84.5 Å². The van der Waals surface area contributed by atoms with Gasteiger partial charge in [0, 0.05) is 62.7 Å². The number of nitrogens with zero attached hydrogens (tertiary/aromatic N) is 3. The molecule has 0 unspecified atom stereocenters. The highest BCUT2D eigenvalue weighted by atomic mass is 16.3. The number of amides is 1. The fraction of sp³-hybridized carbons (Fsp3) is 0.200. The Morgan fingerprint density at radius 2 is 1.92 bits per heavy atom. The predicted octanol–water partition coefficient (Wildman–Crippen LogP) is 6.07. The van der Waals surface area contributed by atoms with Crippen LogP contribution in [0.25, 0.3) is 50.0 Å². The normalized spacial score (nSPS) is 12.7. The van der Waals surface area contributed by atoms with E-state index in [1.165, 1.54) is 6.20 Å². The van der Waals surface area contributed by atoms with Gasteiger partial charge in [-0.2, -0.15) is 5.10 Å². The van der Waals surface area contributed by atoms with Gasteiger partial charge in [0.1, 0.15) is 0 Å². The van der Waals surface area contributed by atoms with Crippen LogP contribution in [0.15, 0.2) is 83.4 Å². The van der Waals surface area contributed by atoms with Crippen molar-refractivity contribution in [1.82, 2.24) is 30.5 Å². The minimum atomic E-state index is -0.542. The summed E-state index contributed by atoms with van der Waals surface area (Å²) in [4.78, 5) is 25.1. The van der Waals surface area contributed by atoms with Crippen LogP contribution in [0.1, 0.15) is 40.2 Å². The number of rotatable bonds is 6. The summed E-state index contributed by atoms with van der Waals surface area (Å²) in [5.74, 6) is -0.0867. The van der Waals surface area contributed by atoms with Gasteiger partial charge < -0.3 is 20.5 Å². The molecular formula is C30H31N7O2. The van der Waals surface area contributed by atoms with Gasteiger partial charge in [-0.1, -0.05) is 26.3 Å². The predicted molar refractivity (Wildman–Crippen MR) is 154 cm³/mol. The molecule has 5 N–H and O–H groups in total. The average Bonchev–Trinajstić information content (AvgIpc) is 3.64. The van der Waals surface area contributed by atoms with Crippen LogP contribution in [0.4, 0.5) is 0 Å². The molecule has 5 aromatic rings. The van der Waals surface area contributed by atoms with Crippen molar-refractivity contribution in [2.45, 2.75) is 34.6 Å². The lowest BCUT2D eigenvalue weighted by Gasteiger charge is -2.19. The molecule has 0 aliphatic carbocycles. The van der Waals surface area contributed by atoms with Gasteiger partial charge in [0.2, 0.25) is 5.91 Å². The Morgan fingerprint density at radius 1 is 1.10 bits per heavy atom. The fourth-order valence-electron chi connectivity index (χ4n) is 4.24. The third kappa shape index (κ3) is 5.24. The van der Waals surface area contributed by atoms with Crippen molar-refractivity contribution >= 4 is 33.4 Å². The van der Waals surface area contributed by atoms with E-state index in [2.05, 4.69) is 36.5 Å². The molecule has 0 saturated heterocycles. The molecule has 5 aromatic heterocycles. The zero-order valence-electron chi connectivity index (χ0n) is 22.6. The number of H-pyrrole nitrogens is 2. The highest BCUT2D eigenvalue weighted by molar-refractivity contribution is 6.00. The van der Waals surface area contributed by atoms with Gasteiger partial charge in [0.25, 0.3) is 0 Å². The minimum Gasteiger partial charge on any atom is -0.472 e. The van der Waals surface area contributed by atoms with Gasteiger partial charge in [-0.25, -0.2) is 4.98 Å². The molecule has 0 aromatic carbocycles. The first-order chi connectivity index (χ1) is 18.6. The van der Waals surface area contributed by atoms with E-state index in [1.807, 2.05) is 65.1 Å². The van der Waals surface area contributed by atoms with E-state index in [0.29, 0.717) is 16.9 Å². The zero-order chi connectivity index (χ0) is 27.7. The minimum absolute atomic E-state index is 0.0867. The van der Waals surface area contributed by atoms with E-state index in [4.69, 9.17) is 10.2 Å².